The van der Waals surface area contributed by atoms with E-state index in [9.17, 15) is 5.11 Å². The number of methoxy groups -OCH3 is 1. The summed E-state index contributed by atoms with van der Waals surface area (Å²) in [5.74, 6) is 0. The summed E-state index contributed by atoms with van der Waals surface area (Å²) in [6.45, 7) is 6.69. The van der Waals surface area contributed by atoms with Gasteiger partial charge >= 0.3 is 0 Å². The highest BCUT2D eigenvalue weighted by Crippen LogP contribution is 2.19. The van der Waals surface area contributed by atoms with Crippen LogP contribution in [0.3, 0.4) is 0 Å². The molecule has 3 atom stereocenters. The van der Waals surface area contributed by atoms with Crippen molar-refractivity contribution < 1.29 is 14.6 Å². The van der Waals surface area contributed by atoms with Crippen LogP contribution in [0.1, 0.15) is 33.6 Å². The molecule has 1 fully saturated rings. The lowest BCUT2D eigenvalue weighted by Gasteiger charge is -2.33. The summed E-state index contributed by atoms with van der Waals surface area (Å²) in [7, 11) is 1.62. The molecule has 3 heteroatoms. The van der Waals surface area contributed by atoms with Crippen LogP contribution in [-0.4, -0.2) is 37.1 Å². The Morgan fingerprint density at radius 3 is 2.46 bits per heavy atom. The van der Waals surface area contributed by atoms with Gasteiger partial charge < -0.3 is 14.6 Å². The molecule has 1 heterocycles. The quantitative estimate of drug-likeness (QED) is 0.718. The predicted octanol–water partition coefficient (Wildman–Crippen LogP) is 1.59. The van der Waals surface area contributed by atoms with Crippen LogP contribution in [0.2, 0.25) is 0 Å². The van der Waals surface area contributed by atoms with E-state index in [2.05, 4.69) is 0 Å². The fraction of sp³-hybridized carbons (Fsp3) is 1.00. The Bertz CT molecular complexity index is 117. The lowest BCUT2D eigenvalue weighted by Crippen LogP contribution is -2.45. The van der Waals surface area contributed by atoms with E-state index < -0.39 is 0 Å². The van der Waals surface area contributed by atoms with E-state index in [4.69, 9.17) is 9.47 Å². The highest BCUT2D eigenvalue weighted by atomic mass is 16.5. The van der Waals surface area contributed by atoms with E-state index in [0.29, 0.717) is 13.0 Å². The zero-order chi connectivity index (χ0) is 10.3. The molecule has 1 saturated heterocycles. The highest BCUT2D eigenvalue weighted by molar-refractivity contribution is 4.80. The molecule has 0 amide bonds. The molecule has 1 aliphatic heterocycles. The monoisotopic (exact) mass is 190 g/mol. The standard InChI is InChI=1S/C8H16O3.C2H6/c1-3-7-8(10-2)6(9)4-5-11-7;1-2/h6-9H,3-5H2,1-2H3;1-2H3. The zero-order valence-electron chi connectivity index (χ0n) is 9.12. The molecule has 0 aliphatic carbocycles. The lowest BCUT2D eigenvalue weighted by atomic mass is 10.0. The van der Waals surface area contributed by atoms with Gasteiger partial charge in [-0.3, -0.25) is 0 Å². The maximum Gasteiger partial charge on any atom is 0.109 e. The molecule has 13 heavy (non-hydrogen) atoms. The van der Waals surface area contributed by atoms with Gasteiger partial charge in [0.2, 0.25) is 0 Å². The van der Waals surface area contributed by atoms with Crippen LogP contribution in [-0.2, 0) is 9.47 Å². The van der Waals surface area contributed by atoms with Gasteiger partial charge in [-0.2, -0.15) is 0 Å². The minimum atomic E-state index is -0.348. The van der Waals surface area contributed by atoms with Gasteiger partial charge in [-0.25, -0.2) is 0 Å². The number of aliphatic hydroxyl groups is 1. The molecule has 0 spiro atoms. The number of hydrogen-bond donors (Lipinski definition) is 1. The Labute approximate surface area is 81.0 Å². The molecule has 3 unspecified atom stereocenters. The van der Waals surface area contributed by atoms with Gasteiger partial charge in [0.25, 0.3) is 0 Å². The van der Waals surface area contributed by atoms with E-state index in [-0.39, 0.29) is 18.3 Å². The topological polar surface area (TPSA) is 38.7 Å². The summed E-state index contributed by atoms with van der Waals surface area (Å²) in [6.07, 6.45) is 1.18. The second-order valence-corrected chi connectivity index (χ2v) is 2.87. The minimum absolute atomic E-state index is 0.0729. The van der Waals surface area contributed by atoms with E-state index in [1.807, 2.05) is 20.8 Å². The molecule has 3 nitrogen and oxygen atoms in total. The Kier molecular flexibility index (Phi) is 7.23. The van der Waals surface area contributed by atoms with Crippen LogP contribution in [0.15, 0.2) is 0 Å². The van der Waals surface area contributed by atoms with Crippen LogP contribution in [0.4, 0.5) is 0 Å². The average molecular weight is 190 g/mol. The second-order valence-electron chi connectivity index (χ2n) is 2.87. The molecule has 1 aliphatic rings. The summed E-state index contributed by atoms with van der Waals surface area (Å²) in [5.41, 5.74) is 0. The van der Waals surface area contributed by atoms with Crippen LogP contribution < -0.4 is 0 Å². The third kappa shape index (κ3) is 3.63. The molecule has 0 bridgehead atoms. The predicted molar refractivity (Wildman–Crippen MR) is 52.8 cm³/mol. The molecule has 0 radical (unpaired) electrons. The van der Waals surface area contributed by atoms with Gasteiger partial charge in [-0.15, -0.1) is 0 Å². The van der Waals surface area contributed by atoms with Gasteiger partial charge in [-0.1, -0.05) is 20.8 Å². The molecule has 0 aromatic rings. The van der Waals surface area contributed by atoms with E-state index >= 15 is 0 Å². The van der Waals surface area contributed by atoms with Gasteiger partial charge in [0.05, 0.1) is 12.2 Å². The largest absolute Gasteiger partial charge is 0.390 e. The van der Waals surface area contributed by atoms with Crippen molar-refractivity contribution in [3.8, 4) is 0 Å². The van der Waals surface area contributed by atoms with Crippen molar-refractivity contribution in [2.24, 2.45) is 0 Å². The second kappa shape index (κ2) is 7.30. The summed E-state index contributed by atoms with van der Waals surface area (Å²) in [5, 5.41) is 9.47. The summed E-state index contributed by atoms with van der Waals surface area (Å²) in [4.78, 5) is 0. The first kappa shape index (κ1) is 12.9. The highest BCUT2D eigenvalue weighted by Gasteiger charge is 2.31. The summed E-state index contributed by atoms with van der Waals surface area (Å²) >= 11 is 0. The van der Waals surface area contributed by atoms with Crippen LogP contribution in [0.5, 0.6) is 0 Å². The third-order valence-electron chi connectivity index (χ3n) is 2.17. The lowest BCUT2D eigenvalue weighted by molar-refractivity contribution is -0.148. The molecule has 1 N–H and O–H groups in total. The maximum atomic E-state index is 9.47. The summed E-state index contributed by atoms with van der Waals surface area (Å²) in [6, 6.07) is 0. The van der Waals surface area contributed by atoms with E-state index in [1.165, 1.54) is 0 Å². The Morgan fingerprint density at radius 2 is 2.08 bits per heavy atom. The van der Waals surface area contributed by atoms with Crippen molar-refractivity contribution in [3.05, 3.63) is 0 Å². The van der Waals surface area contributed by atoms with Crippen molar-refractivity contribution in [1.29, 1.82) is 0 Å². The van der Waals surface area contributed by atoms with Crippen molar-refractivity contribution in [2.75, 3.05) is 13.7 Å². The number of hydrogen-bond acceptors (Lipinski definition) is 3. The number of aliphatic hydroxyl groups excluding tert-OH is 1. The van der Waals surface area contributed by atoms with Crippen molar-refractivity contribution >= 4 is 0 Å². The Balaban J connectivity index is 0.000000671. The first-order valence-electron chi connectivity index (χ1n) is 5.12. The van der Waals surface area contributed by atoms with Crippen LogP contribution in [0, 0.1) is 0 Å². The third-order valence-corrected chi connectivity index (χ3v) is 2.17. The fourth-order valence-electron chi connectivity index (χ4n) is 1.51. The van der Waals surface area contributed by atoms with Gasteiger partial charge in [0.1, 0.15) is 6.10 Å². The van der Waals surface area contributed by atoms with Crippen molar-refractivity contribution in [1.82, 2.24) is 0 Å². The van der Waals surface area contributed by atoms with Crippen LogP contribution in [0.25, 0.3) is 0 Å². The first-order valence-corrected chi connectivity index (χ1v) is 5.12. The minimum Gasteiger partial charge on any atom is -0.390 e. The fourth-order valence-corrected chi connectivity index (χ4v) is 1.51. The Hall–Kier alpha value is -0.120. The van der Waals surface area contributed by atoms with Crippen molar-refractivity contribution in [3.63, 3.8) is 0 Å². The van der Waals surface area contributed by atoms with Gasteiger partial charge in [0.15, 0.2) is 0 Å². The van der Waals surface area contributed by atoms with Crippen LogP contribution >= 0.6 is 0 Å². The molecule has 0 aromatic heterocycles. The summed E-state index contributed by atoms with van der Waals surface area (Å²) < 4.78 is 10.5. The zero-order valence-corrected chi connectivity index (χ0v) is 9.12. The van der Waals surface area contributed by atoms with Gasteiger partial charge in [0, 0.05) is 13.7 Å². The normalized spacial score (nSPS) is 33.5. The van der Waals surface area contributed by atoms with E-state index in [1.54, 1.807) is 7.11 Å². The van der Waals surface area contributed by atoms with Gasteiger partial charge in [-0.05, 0) is 12.8 Å². The van der Waals surface area contributed by atoms with Crippen molar-refractivity contribution in [2.45, 2.75) is 51.9 Å². The molecule has 0 saturated carbocycles. The average Bonchev–Trinajstić information content (AvgIpc) is 2.20. The first-order chi connectivity index (χ1) is 6.29. The van der Waals surface area contributed by atoms with E-state index in [0.717, 1.165) is 6.42 Å². The maximum absolute atomic E-state index is 9.47. The Morgan fingerprint density at radius 1 is 1.46 bits per heavy atom. The number of rotatable bonds is 2. The SMILES string of the molecule is CC.CCC1OCCC(O)C1OC. The molecular weight excluding hydrogens is 168 g/mol. The smallest absolute Gasteiger partial charge is 0.109 e. The number of ether oxygens (including phenoxy) is 2. The molecule has 80 valence electrons. The molecule has 1 rings (SSSR count). The molecule has 0 aromatic carbocycles. The molecular formula is C10H22O3.